The lowest BCUT2D eigenvalue weighted by Crippen LogP contribution is -2.26. The van der Waals surface area contributed by atoms with Gasteiger partial charge in [-0.3, -0.25) is 4.79 Å². The number of nitrogens with two attached hydrogens (primary N) is 1. The lowest BCUT2D eigenvalue weighted by molar-refractivity contribution is -0.125. The Morgan fingerprint density at radius 2 is 2.27 bits per heavy atom. The topological polar surface area (TPSA) is 52.3 Å². The van der Waals surface area contributed by atoms with Gasteiger partial charge in [0.25, 0.3) is 0 Å². The van der Waals surface area contributed by atoms with E-state index in [0.717, 1.165) is 0 Å². The largest absolute Gasteiger partial charge is 0.368 e. The van der Waals surface area contributed by atoms with Crippen LogP contribution >= 0.6 is 0 Å². The van der Waals surface area contributed by atoms with Crippen LogP contribution in [-0.4, -0.2) is 24.5 Å². The monoisotopic (exact) mass is 217 g/mol. The van der Waals surface area contributed by atoms with Crippen molar-refractivity contribution in [3.8, 4) is 11.8 Å². The molecule has 0 saturated heterocycles. The van der Waals surface area contributed by atoms with Crippen LogP contribution in [0.2, 0.25) is 0 Å². The molecular weight excluding hydrogens is 204 g/mol. The summed E-state index contributed by atoms with van der Waals surface area (Å²) in [4.78, 5) is 10.4. The van der Waals surface area contributed by atoms with Crippen molar-refractivity contribution in [3.63, 3.8) is 0 Å². The highest BCUT2D eigenvalue weighted by Crippen LogP contribution is 2.24. The highest BCUT2D eigenvalue weighted by atomic mass is 19.3. The lowest BCUT2D eigenvalue weighted by Gasteiger charge is -2.19. The van der Waals surface area contributed by atoms with Gasteiger partial charge in [0.2, 0.25) is 5.91 Å². The minimum atomic E-state index is -2.94. The number of hydrogen-bond donors (Lipinski definition) is 1. The first-order valence-electron chi connectivity index (χ1n) is 4.77. The highest BCUT2D eigenvalue weighted by molar-refractivity contribution is 5.75. The first kappa shape index (κ1) is 11.9. The molecule has 0 fully saturated rings. The normalized spacial score (nSPS) is 24.5. The Kier molecular flexibility index (Phi) is 4.04. The summed E-state index contributed by atoms with van der Waals surface area (Å²) in [7, 11) is 0. The van der Waals surface area contributed by atoms with Crippen molar-refractivity contribution in [3.05, 3.63) is 0 Å². The summed E-state index contributed by atoms with van der Waals surface area (Å²) in [5.41, 5.74) is 4.89. The Balaban J connectivity index is 2.44. The number of ether oxygens (including phenoxy) is 1. The molecule has 0 saturated carbocycles. The molecule has 0 aromatic heterocycles. The molecule has 1 rings (SSSR count). The second kappa shape index (κ2) is 5.08. The predicted octanol–water partition coefficient (Wildman–Crippen LogP) is 1.07. The lowest BCUT2D eigenvalue weighted by atomic mass is 10.0. The van der Waals surface area contributed by atoms with Gasteiger partial charge in [-0.2, -0.15) is 8.78 Å². The zero-order chi connectivity index (χ0) is 11.3. The van der Waals surface area contributed by atoms with Crippen LogP contribution in [0.5, 0.6) is 0 Å². The molecule has 1 unspecified atom stereocenters. The third kappa shape index (κ3) is 4.75. The molecule has 0 bridgehead atoms. The summed E-state index contributed by atoms with van der Waals surface area (Å²) in [6, 6.07) is 0. The Labute approximate surface area is 87.0 Å². The fraction of sp³-hybridized carbons (Fsp3) is 0.700. The molecule has 0 aromatic carbocycles. The molecular formula is C10H13F2NO2. The van der Waals surface area contributed by atoms with Crippen LogP contribution in [0, 0.1) is 11.8 Å². The molecule has 0 radical (unpaired) electrons. The third-order valence-corrected chi connectivity index (χ3v) is 2.10. The summed E-state index contributed by atoms with van der Waals surface area (Å²) in [6.07, 6.45) is 0.450. The van der Waals surface area contributed by atoms with E-state index in [9.17, 15) is 13.6 Å². The molecule has 1 aliphatic carbocycles. The SMILES string of the molecule is NC(=O)COC1CCC#CC(F)(F)CC1. The number of amides is 1. The van der Waals surface area contributed by atoms with Gasteiger partial charge in [0.1, 0.15) is 6.61 Å². The first-order chi connectivity index (χ1) is 6.99. The van der Waals surface area contributed by atoms with Gasteiger partial charge < -0.3 is 10.5 Å². The number of halogens is 2. The molecule has 15 heavy (non-hydrogen) atoms. The quantitative estimate of drug-likeness (QED) is 0.719. The van der Waals surface area contributed by atoms with Crippen molar-refractivity contribution in [1.29, 1.82) is 0 Å². The Hall–Kier alpha value is -1.15. The Bertz CT molecular complexity index is 294. The third-order valence-electron chi connectivity index (χ3n) is 2.10. The van der Waals surface area contributed by atoms with E-state index >= 15 is 0 Å². The number of rotatable bonds is 3. The van der Waals surface area contributed by atoms with Crippen LogP contribution in [0.25, 0.3) is 0 Å². The van der Waals surface area contributed by atoms with Crippen molar-refractivity contribution >= 4 is 5.91 Å². The van der Waals surface area contributed by atoms with Crippen molar-refractivity contribution in [1.82, 2.24) is 0 Å². The number of carbonyl (C=O) groups excluding carboxylic acids is 1. The fourth-order valence-electron chi connectivity index (χ4n) is 1.34. The number of carbonyl (C=O) groups is 1. The maximum absolute atomic E-state index is 12.9. The molecule has 3 nitrogen and oxygen atoms in total. The summed E-state index contributed by atoms with van der Waals surface area (Å²) < 4.78 is 30.9. The molecule has 1 atom stereocenters. The smallest absolute Gasteiger partial charge is 0.308 e. The number of alkyl halides is 2. The Morgan fingerprint density at radius 3 is 2.93 bits per heavy atom. The van der Waals surface area contributed by atoms with Gasteiger partial charge in [0.15, 0.2) is 0 Å². The van der Waals surface area contributed by atoms with E-state index in [0.29, 0.717) is 12.8 Å². The van der Waals surface area contributed by atoms with Crippen LogP contribution in [0.4, 0.5) is 8.78 Å². The van der Waals surface area contributed by atoms with Gasteiger partial charge in [-0.05, 0) is 18.8 Å². The first-order valence-corrected chi connectivity index (χ1v) is 4.77. The summed E-state index contributed by atoms with van der Waals surface area (Å²) in [5.74, 6) is 0.791. The van der Waals surface area contributed by atoms with Crippen LogP contribution in [-0.2, 0) is 9.53 Å². The van der Waals surface area contributed by atoms with Gasteiger partial charge in [-0.15, -0.1) is 0 Å². The average Bonchev–Trinajstić information content (AvgIpc) is 2.12. The minimum Gasteiger partial charge on any atom is -0.368 e. The van der Waals surface area contributed by atoms with Crippen LogP contribution in [0.3, 0.4) is 0 Å². The zero-order valence-electron chi connectivity index (χ0n) is 8.26. The summed E-state index contributed by atoms with van der Waals surface area (Å²) in [5, 5.41) is 0. The second-order valence-corrected chi connectivity index (χ2v) is 3.48. The highest BCUT2D eigenvalue weighted by Gasteiger charge is 2.28. The molecule has 0 aromatic rings. The van der Waals surface area contributed by atoms with Crippen molar-refractivity contribution in [2.24, 2.45) is 5.73 Å². The van der Waals surface area contributed by atoms with Crippen LogP contribution in [0.15, 0.2) is 0 Å². The molecule has 0 aliphatic heterocycles. The van der Waals surface area contributed by atoms with E-state index in [1.54, 1.807) is 0 Å². The van der Waals surface area contributed by atoms with Gasteiger partial charge in [0.05, 0.1) is 6.10 Å². The van der Waals surface area contributed by atoms with Crippen LogP contribution < -0.4 is 5.73 Å². The van der Waals surface area contributed by atoms with E-state index in [1.165, 1.54) is 0 Å². The van der Waals surface area contributed by atoms with Crippen molar-refractivity contribution in [2.75, 3.05) is 6.61 Å². The van der Waals surface area contributed by atoms with Gasteiger partial charge in [0, 0.05) is 12.8 Å². The molecule has 0 spiro atoms. The summed E-state index contributed by atoms with van der Waals surface area (Å²) >= 11 is 0. The molecule has 1 aliphatic rings. The van der Waals surface area contributed by atoms with E-state index in [-0.39, 0.29) is 25.6 Å². The average molecular weight is 217 g/mol. The van der Waals surface area contributed by atoms with Gasteiger partial charge in [-0.1, -0.05) is 5.92 Å². The van der Waals surface area contributed by atoms with E-state index in [4.69, 9.17) is 10.5 Å². The van der Waals surface area contributed by atoms with Gasteiger partial charge in [-0.25, -0.2) is 0 Å². The molecule has 84 valence electrons. The molecule has 1 amide bonds. The second-order valence-electron chi connectivity index (χ2n) is 3.48. The standard InChI is InChI=1S/C10H13F2NO2/c11-10(12)5-2-1-3-8(4-6-10)15-7-9(13)14/h8H,1,3-4,6-7H2,(H2,13,14). The molecule has 5 heteroatoms. The van der Waals surface area contributed by atoms with Gasteiger partial charge >= 0.3 is 5.92 Å². The maximum Gasteiger partial charge on any atom is 0.308 e. The van der Waals surface area contributed by atoms with Crippen molar-refractivity contribution < 1.29 is 18.3 Å². The van der Waals surface area contributed by atoms with Crippen molar-refractivity contribution in [2.45, 2.75) is 37.7 Å². The van der Waals surface area contributed by atoms with E-state index in [1.807, 2.05) is 5.92 Å². The summed E-state index contributed by atoms with van der Waals surface area (Å²) in [6.45, 7) is -0.219. The predicted molar refractivity (Wildman–Crippen MR) is 50.1 cm³/mol. The fourth-order valence-corrected chi connectivity index (χ4v) is 1.34. The zero-order valence-corrected chi connectivity index (χ0v) is 8.26. The molecule has 0 heterocycles. The molecule has 2 N–H and O–H groups in total. The van der Waals surface area contributed by atoms with E-state index in [2.05, 4.69) is 5.92 Å². The number of primary amides is 1. The van der Waals surface area contributed by atoms with E-state index < -0.39 is 11.8 Å². The number of hydrogen-bond acceptors (Lipinski definition) is 2. The minimum absolute atomic E-state index is 0.203. The maximum atomic E-state index is 12.9. The van der Waals surface area contributed by atoms with Crippen LogP contribution in [0.1, 0.15) is 25.7 Å². The Morgan fingerprint density at radius 1 is 1.53 bits per heavy atom.